The van der Waals surface area contributed by atoms with Gasteiger partial charge in [0.05, 0.1) is 0 Å². The number of aromatic hydroxyl groups is 1. The standard InChI is InChI=1S/C9H10O4/c1-4-2-6-7(5(10)3-13-6)9(12)8(4)11/h3-4,8,10-11H,2H2,1H3. The van der Waals surface area contributed by atoms with Crippen molar-refractivity contribution in [1.82, 2.24) is 0 Å². The van der Waals surface area contributed by atoms with Crippen LogP contribution in [0, 0.1) is 5.92 Å². The van der Waals surface area contributed by atoms with Gasteiger partial charge in [-0.2, -0.15) is 0 Å². The molecule has 2 unspecified atom stereocenters. The van der Waals surface area contributed by atoms with Crippen LogP contribution in [0.15, 0.2) is 10.7 Å². The molecule has 0 spiro atoms. The molecule has 0 aromatic carbocycles. The van der Waals surface area contributed by atoms with Crippen molar-refractivity contribution in [3.05, 3.63) is 17.6 Å². The first-order chi connectivity index (χ1) is 6.11. The number of aliphatic hydroxyl groups excluding tert-OH is 1. The van der Waals surface area contributed by atoms with Crippen LogP contribution in [0.1, 0.15) is 23.0 Å². The van der Waals surface area contributed by atoms with Gasteiger partial charge < -0.3 is 14.6 Å². The maximum atomic E-state index is 11.4. The molecule has 0 bridgehead atoms. The predicted octanol–water partition coefficient (Wildman–Crippen LogP) is 0.721. The van der Waals surface area contributed by atoms with Gasteiger partial charge in [0.1, 0.15) is 23.7 Å². The summed E-state index contributed by atoms with van der Waals surface area (Å²) in [6.07, 6.45) is 0.604. The molecule has 0 fully saturated rings. The predicted molar refractivity (Wildman–Crippen MR) is 43.6 cm³/mol. The highest BCUT2D eigenvalue weighted by Gasteiger charge is 2.35. The highest BCUT2D eigenvalue weighted by atomic mass is 16.4. The molecule has 2 N–H and O–H groups in total. The summed E-state index contributed by atoms with van der Waals surface area (Å²) in [5, 5.41) is 18.7. The van der Waals surface area contributed by atoms with E-state index < -0.39 is 11.9 Å². The van der Waals surface area contributed by atoms with Crippen LogP contribution in [0.2, 0.25) is 0 Å². The first kappa shape index (κ1) is 8.31. The lowest BCUT2D eigenvalue weighted by molar-refractivity contribution is 0.0580. The Morgan fingerprint density at radius 3 is 3.00 bits per heavy atom. The first-order valence-corrected chi connectivity index (χ1v) is 4.13. The number of rotatable bonds is 0. The molecule has 1 heterocycles. The van der Waals surface area contributed by atoms with Gasteiger partial charge >= 0.3 is 0 Å². The third-order valence-corrected chi connectivity index (χ3v) is 2.41. The van der Waals surface area contributed by atoms with E-state index in [4.69, 9.17) is 4.42 Å². The smallest absolute Gasteiger partial charge is 0.198 e. The van der Waals surface area contributed by atoms with Gasteiger partial charge in [-0.05, 0) is 5.92 Å². The van der Waals surface area contributed by atoms with E-state index in [1.807, 2.05) is 0 Å². The number of aliphatic hydroxyl groups is 1. The van der Waals surface area contributed by atoms with Gasteiger partial charge in [-0.1, -0.05) is 6.92 Å². The van der Waals surface area contributed by atoms with E-state index >= 15 is 0 Å². The summed E-state index contributed by atoms with van der Waals surface area (Å²) < 4.78 is 4.99. The molecule has 2 rings (SSSR count). The number of furan rings is 1. The second-order valence-corrected chi connectivity index (χ2v) is 3.41. The molecule has 0 saturated heterocycles. The van der Waals surface area contributed by atoms with Gasteiger partial charge in [-0.25, -0.2) is 0 Å². The minimum Gasteiger partial charge on any atom is -0.504 e. The number of hydrogen-bond acceptors (Lipinski definition) is 4. The zero-order chi connectivity index (χ0) is 9.59. The van der Waals surface area contributed by atoms with Crippen molar-refractivity contribution in [3.63, 3.8) is 0 Å². The monoisotopic (exact) mass is 182 g/mol. The fourth-order valence-electron chi connectivity index (χ4n) is 1.61. The Labute approximate surface area is 74.8 Å². The van der Waals surface area contributed by atoms with Gasteiger partial charge in [0.15, 0.2) is 11.5 Å². The Morgan fingerprint density at radius 2 is 2.31 bits per heavy atom. The molecule has 0 aliphatic heterocycles. The molecule has 1 aliphatic carbocycles. The van der Waals surface area contributed by atoms with E-state index in [1.165, 1.54) is 0 Å². The van der Waals surface area contributed by atoms with Crippen LogP contribution in [-0.4, -0.2) is 22.1 Å². The average Bonchev–Trinajstić information content (AvgIpc) is 2.43. The lowest BCUT2D eigenvalue weighted by Crippen LogP contribution is -2.33. The van der Waals surface area contributed by atoms with Gasteiger partial charge in [0.2, 0.25) is 0 Å². The van der Waals surface area contributed by atoms with Crippen LogP contribution in [0.5, 0.6) is 5.75 Å². The largest absolute Gasteiger partial charge is 0.504 e. The molecule has 0 radical (unpaired) electrons. The number of hydrogen-bond donors (Lipinski definition) is 2. The normalized spacial score (nSPS) is 27.4. The number of Topliss-reactive ketones (excluding diaryl/α,β-unsaturated/α-hetero) is 1. The summed E-state index contributed by atoms with van der Waals surface area (Å²) >= 11 is 0. The molecule has 70 valence electrons. The van der Waals surface area contributed by atoms with Gasteiger partial charge in [-0.3, -0.25) is 4.79 Å². The van der Waals surface area contributed by atoms with E-state index in [0.717, 1.165) is 6.26 Å². The van der Waals surface area contributed by atoms with Crippen LogP contribution in [0.4, 0.5) is 0 Å². The molecule has 4 heteroatoms. The lowest BCUT2D eigenvalue weighted by atomic mass is 9.86. The van der Waals surface area contributed by atoms with Crippen molar-refractivity contribution in [2.45, 2.75) is 19.4 Å². The Kier molecular flexibility index (Phi) is 1.66. The summed E-state index contributed by atoms with van der Waals surface area (Å²) in [6, 6.07) is 0. The van der Waals surface area contributed by atoms with Crippen LogP contribution in [0.25, 0.3) is 0 Å². The summed E-state index contributed by atoms with van der Waals surface area (Å²) in [4.78, 5) is 11.4. The highest BCUT2D eigenvalue weighted by Crippen LogP contribution is 2.32. The fraction of sp³-hybridized carbons (Fsp3) is 0.444. The zero-order valence-corrected chi connectivity index (χ0v) is 7.15. The number of fused-ring (bicyclic) bond motifs is 1. The third-order valence-electron chi connectivity index (χ3n) is 2.41. The van der Waals surface area contributed by atoms with E-state index in [1.54, 1.807) is 6.92 Å². The maximum Gasteiger partial charge on any atom is 0.198 e. The Morgan fingerprint density at radius 1 is 1.62 bits per heavy atom. The molecule has 1 aromatic rings. The topological polar surface area (TPSA) is 70.7 Å². The van der Waals surface area contributed by atoms with Gasteiger partial charge in [0, 0.05) is 6.42 Å². The molecule has 2 atom stereocenters. The summed E-state index contributed by atoms with van der Waals surface area (Å²) in [7, 11) is 0. The Bertz CT molecular complexity index is 352. The number of carbonyl (C=O) groups is 1. The zero-order valence-electron chi connectivity index (χ0n) is 7.15. The van der Waals surface area contributed by atoms with Crippen LogP contribution in [-0.2, 0) is 6.42 Å². The minimum atomic E-state index is -1.02. The highest BCUT2D eigenvalue weighted by molar-refractivity contribution is 6.03. The fourth-order valence-corrected chi connectivity index (χ4v) is 1.61. The van der Waals surface area contributed by atoms with Gasteiger partial charge in [0.25, 0.3) is 0 Å². The lowest BCUT2D eigenvalue weighted by Gasteiger charge is -2.21. The quantitative estimate of drug-likeness (QED) is 0.620. The van der Waals surface area contributed by atoms with E-state index in [0.29, 0.717) is 12.2 Å². The average molecular weight is 182 g/mol. The summed E-state index contributed by atoms with van der Waals surface area (Å²) in [6.45, 7) is 1.77. The van der Waals surface area contributed by atoms with E-state index in [9.17, 15) is 15.0 Å². The van der Waals surface area contributed by atoms with Crippen molar-refractivity contribution < 1.29 is 19.4 Å². The maximum absolute atomic E-state index is 11.4. The molecule has 0 amide bonds. The summed E-state index contributed by atoms with van der Waals surface area (Å²) in [5.41, 5.74) is 0.144. The van der Waals surface area contributed by atoms with Crippen molar-refractivity contribution >= 4 is 5.78 Å². The summed E-state index contributed by atoms with van der Waals surface area (Å²) in [5.74, 6) is -0.295. The SMILES string of the molecule is CC1Cc2occ(O)c2C(=O)C1O. The second-order valence-electron chi connectivity index (χ2n) is 3.41. The molecule has 4 nitrogen and oxygen atoms in total. The first-order valence-electron chi connectivity index (χ1n) is 4.13. The van der Waals surface area contributed by atoms with Crippen molar-refractivity contribution in [2.75, 3.05) is 0 Å². The van der Waals surface area contributed by atoms with Crippen LogP contribution < -0.4 is 0 Å². The molecular weight excluding hydrogens is 172 g/mol. The number of ketones is 1. The molecule has 1 aliphatic rings. The minimum absolute atomic E-state index is 0.144. The van der Waals surface area contributed by atoms with Crippen LogP contribution >= 0.6 is 0 Å². The van der Waals surface area contributed by atoms with E-state index in [2.05, 4.69) is 0 Å². The molecule has 0 saturated carbocycles. The molecule has 1 aromatic heterocycles. The Balaban J connectivity index is 2.52. The van der Waals surface area contributed by atoms with Crippen molar-refractivity contribution in [3.8, 4) is 5.75 Å². The van der Waals surface area contributed by atoms with Crippen molar-refractivity contribution in [2.24, 2.45) is 5.92 Å². The molecule has 13 heavy (non-hydrogen) atoms. The van der Waals surface area contributed by atoms with Gasteiger partial charge in [-0.15, -0.1) is 0 Å². The number of carbonyl (C=O) groups excluding carboxylic acids is 1. The van der Waals surface area contributed by atoms with Crippen LogP contribution in [0.3, 0.4) is 0 Å². The third kappa shape index (κ3) is 1.06. The second kappa shape index (κ2) is 2.60. The Hall–Kier alpha value is -1.29. The molecular formula is C9H10O4. The van der Waals surface area contributed by atoms with Crippen molar-refractivity contribution in [1.29, 1.82) is 0 Å². The van der Waals surface area contributed by atoms with E-state index in [-0.39, 0.29) is 17.2 Å².